The Kier molecular flexibility index (Phi) is 6.60. The molecule has 0 unspecified atom stereocenters. The molecule has 1 heterocycles. The number of para-hydroxylation sites is 2. The van der Waals surface area contributed by atoms with E-state index in [9.17, 15) is 14.4 Å². The fourth-order valence-electron chi connectivity index (χ4n) is 3.81. The van der Waals surface area contributed by atoms with Gasteiger partial charge in [0.25, 0.3) is 0 Å². The van der Waals surface area contributed by atoms with Crippen LogP contribution in [0.3, 0.4) is 0 Å². The lowest BCUT2D eigenvalue weighted by Gasteiger charge is -2.15. The Morgan fingerprint density at radius 1 is 0.688 bits per heavy atom. The van der Waals surface area contributed by atoms with Crippen molar-refractivity contribution in [1.29, 1.82) is 0 Å². The van der Waals surface area contributed by atoms with E-state index in [0.717, 1.165) is 18.4 Å². The van der Waals surface area contributed by atoms with E-state index in [1.165, 1.54) is 14.7 Å². The van der Waals surface area contributed by atoms with Crippen molar-refractivity contribution in [3.63, 3.8) is 0 Å². The van der Waals surface area contributed by atoms with Crippen LogP contribution in [0, 0.1) is 0 Å². The highest BCUT2D eigenvalue weighted by Gasteiger charge is 2.15. The summed E-state index contributed by atoms with van der Waals surface area (Å²) in [6.45, 7) is 0.611. The van der Waals surface area contributed by atoms with Gasteiger partial charge in [-0.15, -0.1) is 0 Å². The molecule has 6 heteroatoms. The Labute approximate surface area is 185 Å². The first kappa shape index (κ1) is 21.3. The minimum absolute atomic E-state index is 0.188. The molecule has 6 nitrogen and oxygen atoms in total. The standard InChI is InChI=1S/C26H25N3O3/c30-24(27-17-9-14-20-10-3-1-4-11-20)19-29-23-16-8-7-15-22(23)28(25(31)26(29)32)18-21-12-5-2-6-13-21/h1-8,10-13,15-16H,9,14,17-19H2,(H,27,30). The summed E-state index contributed by atoms with van der Waals surface area (Å²) in [6.07, 6.45) is 1.66. The first-order valence-corrected chi connectivity index (χ1v) is 10.7. The van der Waals surface area contributed by atoms with Gasteiger partial charge in [0, 0.05) is 6.54 Å². The van der Waals surface area contributed by atoms with Crippen LogP contribution in [0.4, 0.5) is 0 Å². The van der Waals surface area contributed by atoms with Crippen LogP contribution in [-0.4, -0.2) is 21.6 Å². The highest BCUT2D eigenvalue weighted by Crippen LogP contribution is 2.12. The number of nitrogens with zero attached hydrogens (tertiary/aromatic N) is 2. The zero-order chi connectivity index (χ0) is 22.3. The molecule has 32 heavy (non-hydrogen) atoms. The van der Waals surface area contributed by atoms with E-state index < -0.39 is 11.1 Å². The summed E-state index contributed by atoms with van der Waals surface area (Å²) in [6, 6.07) is 26.8. The molecular formula is C26H25N3O3. The Morgan fingerprint density at radius 3 is 1.88 bits per heavy atom. The molecule has 0 fully saturated rings. The van der Waals surface area contributed by atoms with Crippen LogP contribution in [-0.2, 0) is 24.3 Å². The summed E-state index contributed by atoms with van der Waals surface area (Å²) >= 11 is 0. The average Bonchev–Trinajstić information content (AvgIpc) is 2.83. The molecule has 162 valence electrons. The van der Waals surface area contributed by atoms with Crippen molar-refractivity contribution < 1.29 is 4.79 Å². The molecule has 0 spiro atoms. The SMILES string of the molecule is O=C(Cn1c(=O)c(=O)n(Cc2ccccc2)c2ccccc21)NCCCc1ccccc1. The third-order valence-electron chi connectivity index (χ3n) is 5.43. The molecule has 0 saturated carbocycles. The molecule has 0 aliphatic rings. The average molecular weight is 428 g/mol. The maximum atomic E-state index is 12.9. The molecule has 4 rings (SSSR count). The number of benzene rings is 3. The molecule has 0 atom stereocenters. The summed E-state index contributed by atoms with van der Waals surface area (Å²) < 4.78 is 2.74. The molecule has 0 radical (unpaired) electrons. The maximum Gasteiger partial charge on any atom is 0.317 e. The molecule has 1 amide bonds. The number of carbonyl (C=O) groups is 1. The topological polar surface area (TPSA) is 73.1 Å². The van der Waals surface area contributed by atoms with Gasteiger partial charge in [0.1, 0.15) is 6.54 Å². The second-order valence-electron chi connectivity index (χ2n) is 7.70. The van der Waals surface area contributed by atoms with Gasteiger partial charge in [-0.1, -0.05) is 72.8 Å². The van der Waals surface area contributed by atoms with Crippen molar-refractivity contribution in [3.05, 3.63) is 117 Å². The van der Waals surface area contributed by atoms with E-state index in [-0.39, 0.29) is 12.5 Å². The number of hydrogen-bond donors (Lipinski definition) is 1. The fraction of sp³-hybridized carbons (Fsp3) is 0.192. The van der Waals surface area contributed by atoms with Crippen molar-refractivity contribution in [2.45, 2.75) is 25.9 Å². The van der Waals surface area contributed by atoms with E-state index in [1.54, 1.807) is 18.2 Å². The molecule has 0 bridgehead atoms. The summed E-state index contributed by atoms with van der Waals surface area (Å²) in [5.74, 6) is -0.287. The highest BCUT2D eigenvalue weighted by atomic mass is 16.2. The van der Waals surface area contributed by atoms with Gasteiger partial charge >= 0.3 is 11.1 Å². The normalized spacial score (nSPS) is 10.9. The van der Waals surface area contributed by atoms with E-state index >= 15 is 0 Å². The Balaban J connectivity index is 1.52. The van der Waals surface area contributed by atoms with Crippen molar-refractivity contribution >= 4 is 16.9 Å². The van der Waals surface area contributed by atoms with Crippen LogP contribution in [0.15, 0.2) is 94.5 Å². The third kappa shape index (κ3) is 4.86. The van der Waals surface area contributed by atoms with Gasteiger partial charge in [-0.3, -0.25) is 23.5 Å². The smallest absolute Gasteiger partial charge is 0.317 e. The zero-order valence-corrected chi connectivity index (χ0v) is 17.7. The van der Waals surface area contributed by atoms with E-state index in [1.807, 2.05) is 54.6 Å². The lowest BCUT2D eigenvalue weighted by molar-refractivity contribution is -0.121. The van der Waals surface area contributed by atoms with Gasteiger partial charge in [0.2, 0.25) is 5.91 Å². The number of aryl methyl sites for hydroxylation is 1. The van der Waals surface area contributed by atoms with Crippen LogP contribution in [0.2, 0.25) is 0 Å². The zero-order valence-electron chi connectivity index (χ0n) is 17.7. The fourth-order valence-corrected chi connectivity index (χ4v) is 3.81. The predicted molar refractivity (Wildman–Crippen MR) is 126 cm³/mol. The minimum atomic E-state index is -0.695. The van der Waals surface area contributed by atoms with Crippen molar-refractivity contribution in [1.82, 2.24) is 14.5 Å². The molecule has 4 aromatic rings. The summed E-state index contributed by atoms with van der Waals surface area (Å²) in [5.41, 5.74) is 1.99. The summed E-state index contributed by atoms with van der Waals surface area (Å²) in [5, 5.41) is 2.86. The van der Waals surface area contributed by atoms with Crippen LogP contribution >= 0.6 is 0 Å². The molecule has 0 aliphatic carbocycles. The van der Waals surface area contributed by atoms with Crippen molar-refractivity contribution in [2.24, 2.45) is 0 Å². The van der Waals surface area contributed by atoms with Crippen LogP contribution < -0.4 is 16.4 Å². The van der Waals surface area contributed by atoms with Crippen LogP contribution in [0.5, 0.6) is 0 Å². The number of aromatic nitrogens is 2. The molecule has 0 aliphatic heterocycles. The lowest BCUT2D eigenvalue weighted by atomic mass is 10.1. The van der Waals surface area contributed by atoms with Crippen molar-refractivity contribution in [3.8, 4) is 0 Å². The number of carbonyl (C=O) groups excluding carboxylic acids is 1. The summed E-state index contributed by atoms with van der Waals surface area (Å²) in [7, 11) is 0. The highest BCUT2D eigenvalue weighted by molar-refractivity contribution is 5.80. The number of nitrogens with one attached hydrogen (secondary N) is 1. The first-order chi connectivity index (χ1) is 15.6. The van der Waals surface area contributed by atoms with E-state index in [2.05, 4.69) is 17.4 Å². The largest absolute Gasteiger partial charge is 0.355 e. The van der Waals surface area contributed by atoms with Crippen LogP contribution in [0.1, 0.15) is 17.5 Å². The Morgan fingerprint density at radius 2 is 1.22 bits per heavy atom. The molecular weight excluding hydrogens is 402 g/mol. The van der Waals surface area contributed by atoms with Gasteiger partial charge in [-0.25, -0.2) is 0 Å². The van der Waals surface area contributed by atoms with E-state index in [4.69, 9.17) is 0 Å². The predicted octanol–water partition coefficient (Wildman–Crippen LogP) is 2.96. The van der Waals surface area contributed by atoms with Gasteiger partial charge in [-0.05, 0) is 36.1 Å². The van der Waals surface area contributed by atoms with Gasteiger partial charge in [0.05, 0.1) is 17.6 Å². The minimum Gasteiger partial charge on any atom is -0.355 e. The molecule has 0 saturated heterocycles. The Bertz CT molecular complexity index is 1330. The van der Waals surface area contributed by atoms with Gasteiger partial charge in [-0.2, -0.15) is 0 Å². The quantitative estimate of drug-likeness (QED) is 0.347. The molecule has 1 aromatic heterocycles. The number of rotatable bonds is 8. The van der Waals surface area contributed by atoms with Gasteiger partial charge in [0.15, 0.2) is 0 Å². The first-order valence-electron chi connectivity index (χ1n) is 10.7. The molecule has 1 N–H and O–H groups in total. The lowest BCUT2D eigenvalue weighted by Crippen LogP contribution is -2.44. The Hall–Kier alpha value is -3.93. The van der Waals surface area contributed by atoms with E-state index in [0.29, 0.717) is 24.1 Å². The number of fused-ring (bicyclic) bond motifs is 1. The second kappa shape index (κ2) is 9.92. The monoisotopic (exact) mass is 427 g/mol. The number of hydrogen-bond acceptors (Lipinski definition) is 3. The van der Waals surface area contributed by atoms with Gasteiger partial charge < -0.3 is 5.32 Å². The van der Waals surface area contributed by atoms with Crippen LogP contribution in [0.25, 0.3) is 11.0 Å². The summed E-state index contributed by atoms with van der Waals surface area (Å²) in [4.78, 5) is 38.3. The third-order valence-corrected chi connectivity index (χ3v) is 5.43. The molecule has 3 aromatic carbocycles. The maximum absolute atomic E-state index is 12.9. The second-order valence-corrected chi connectivity index (χ2v) is 7.70. The number of amides is 1. The van der Waals surface area contributed by atoms with Crippen molar-refractivity contribution in [2.75, 3.05) is 6.54 Å².